The van der Waals surface area contributed by atoms with E-state index in [-0.39, 0.29) is 0 Å². The van der Waals surface area contributed by atoms with E-state index in [2.05, 4.69) is 31.2 Å². The van der Waals surface area contributed by atoms with Gasteiger partial charge in [0.2, 0.25) is 0 Å². The van der Waals surface area contributed by atoms with E-state index < -0.39 is 0 Å². The van der Waals surface area contributed by atoms with Crippen LogP contribution in [0.2, 0.25) is 0 Å². The summed E-state index contributed by atoms with van der Waals surface area (Å²) in [5.74, 6) is 0.634. The summed E-state index contributed by atoms with van der Waals surface area (Å²) in [5, 5.41) is 10.5. The molecule has 0 radical (unpaired) electrons. The van der Waals surface area contributed by atoms with Crippen molar-refractivity contribution in [3.8, 4) is 0 Å². The number of rotatable bonds is 1. The minimum atomic E-state index is 0.634. The fraction of sp³-hybridized carbons (Fsp3) is 0.579. The summed E-state index contributed by atoms with van der Waals surface area (Å²) in [6.07, 6.45) is 12.2. The van der Waals surface area contributed by atoms with Crippen molar-refractivity contribution in [2.24, 2.45) is 0 Å². The van der Waals surface area contributed by atoms with Crippen molar-refractivity contribution < 1.29 is 5.11 Å². The zero-order chi connectivity index (χ0) is 14.2. The summed E-state index contributed by atoms with van der Waals surface area (Å²) in [4.78, 5) is 0. The fourth-order valence-electron chi connectivity index (χ4n) is 3.02. The molecule has 1 nitrogen and oxygen atoms in total. The Balaban J connectivity index is 2.14. The molecule has 1 aromatic carbocycles. The molecule has 2 rings (SSSR count). The van der Waals surface area contributed by atoms with Crippen LogP contribution in [0.15, 0.2) is 30.0 Å². The van der Waals surface area contributed by atoms with Crippen molar-refractivity contribution in [3.05, 3.63) is 41.2 Å². The number of allylic oxidation sites excluding steroid dienone is 2. The maximum Gasteiger partial charge on any atom is 0.0960 e. The van der Waals surface area contributed by atoms with Crippen LogP contribution in [0.25, 0.3) is 5.57 Å². The van der Waals surface area contributed by atoms with Crippen LogP contribution in [0.3, 0.4) is 0 Å². The molecule has 1 aliphatic rings. The van der Waals surface area contributed by atoms with Crippen molar-refractivity contribution in [3.63, 3.8) is 0 Å². The largest absolute Gasteiger partial charge is 0.512 e. The second-order valence-corrected chi connectivity index (χ2v) is 6.12. The van der Waals surface area contributed by atoms with Gasteiger partial charge in [0.1, 0.15) is 0 Å². The van der Waals surface area contributed by atoms with E-state index in [1.807, 2.05) is 0 Å². The average Bonchev–Trinajstić information content (AvgIpc) is 2.44. The molecule has 20 heavy (non-hydrogen) atoms. The van der Waals surface area contributed by atoms with E-state index in [4.69, 9.17) is 0 Å². The molecule has 0 amide bonds. The molecular weight excluding hydrogens is 244 g/mol. The van der Waals surface area contributed by atoms with Crippen LogP contribution in [0.4, 0.5) is 0 Å². The lowest BCUT2D eigenvalue weighted by Crippen LogP contribution is -1.95. The molecule has 0 atom stereocenters. The predicted molar refractivity (Wildman–Crippen MR) is 86.9 cm³/mol. The highest BCUT2D eigenvalue weighted by Crippen LogP contribution is 2.28. The number of hydrogen-bond acceptors (Lipinski definition) is 1. The maximum absolute atomic E-state index is 10.5. The van der Waals surface area contributed by atoms with Gasteiger partial charge in [-0.3, -0.25) is 0 Å². The van der Waals surface area contributed by atoms with Crippen molar-refractivity contribution in [1.29, 1.82) is 0 Å². The zero-order valence-corrected chi connectivity index (χ0v) is 12.8. The zero-order valence-electron chi connectivity index (χ0n) is 12.8. The van der Waals surface area contributed by atoms with Crippen molar-refractivity contribution in [2.45, 2.75) is 71.1 Å². The van der Waals surface area contributed by atoms with E-state index in [0.717, 1.165) is 19.3 Å². The lowest BCUT2D eigenvalue weighted by Gasteiger charge is -2.13. The van der Waals surface area contributed by atoms with Crippen molar-refractivity contribution in [1.82, 2.24) is 0 Å². The molecule has 1 heteroatoms. The van der Waals surface area contributed by atoms with Gasteiger partial charge in [0.05, 0.1) is 5.76 Å². The number of aliphatic hydroxyl groups is 1. The van der Waals surface area contributed by atoms with Crippen LogP contribution in [-0.2, 0) is 0 Å². The van der Waals surface area contributed by atoms with Gasteiger partial charge in [-0.1, -0.05) is 68.4 Å². The Bertz CT molecular complexity index is 428. The number of benzene rings is 1. The van der Waals surface area contributed by atoms with Crippen LogP contribution in [0.5, 0.6) is 0 Å². The topological polar surface area (TPSA) is 20.2 Å². The minimum absolute atomic E-state index is 0.634. The van der Waals surface area contributed by atoms with Gasteiger partial charge in [-0.05, 0) is 37.3 Å². The lowest BCUT2D eigenvalue weighted by molar-refractivity contribution is 0.379. The molecule has 0 unspecified atom stereocenters. The molecule has 1 aromatic rings. The standard InChI is InChI=1S/C19H28O/c1-16-12-14-17(15-13-16)18-10-8-6-4-2-3-5-7-9-11-19(18)20/h12-15,20H,2-11H2,1H3/b19-18-. The third-order valence-electron chi connectivity index (χ3n) is 4.34. The molecule has 0 saturated heterocycles. The van der Waals surface area contributed by atoms with Crippen LogP contribution >= 0.6 is 0 Å². The Morgan fingerprint density at radius 2 is 1.20 bits per heavy atom. The Kier molecular flexibility index (Phi) is 6.17. The van der Waals surface area contributed by atoms with Gasteiger partial charge in [-0.25, -0.2) is 0 Å². The second kappa shape index (κ2) is 8.14. The molecule has 0 saturated carbocycles. The van der Waals surface area contributed by atoms with Gasteiger partial charge in [0.25, 0.3) is 0 Å². The molecule has 0 spiro atoms. The number of aliphatic hydroxyl groups excluding tert-OH is 1. The summed E-state index contributed by atoms with van der Waals surface area (Å²) in [6.45, 7) is 2.11. The molecule has 0 bridgehead atoms. The highest BCUT2D eigenvalue weighted by molar-refractivity contribution is 5.67. The van der Waals surface area contributed by atoms with Crippen LogP contribution in [-0.4, -0.2) is 5.11 Å². The Morgan fingerprint density at radius 1 is 0.700 bits per heavy atom. The Labute approximate surface area is 123 Å². The highest BCUT2D eigenvalue weighted by Gasteiger charge is 2.09. The monoisotopic (exact) mass is 272 g/mol. The lowest BCUT2D eigenvalue weighted by atomic mass is 9.94. The number of aryl methyl sites for hydroxylation is 1. The van der Waals surface area contributed by atoms with Gasteiger partial charge in [0, 0.05) is 6.42 Å². The van der Waals surface area contributed by atoms with E-state index in [0.29, 0.717) is 5.76 Å². The summed E-state index contributed by atoms with van der Waals surface area (Å²) < 4.78 is 0. The second-order valence-electron chi connectivity index (χ2n) is 6.12. The van der Waals surface area contributed by atoms with Crippen molar-refractivity contribution in [2.75, 3.05) is 0 Å². The molecule has 0 aromatic heterocycles. The van der Waals surface area contributed by atoms with Crippen LogP contribution in [0, 0.1) is 6.92 Å². The fourth-order valence-corrected chi connectivity index (χ4v) is 3.02. The quantitative estimate of drug-likeness (QED) is 0.647. The first kappa shape index (κ1) is 15.2. The van der Waals surface area contributed by atoms with Crippen molar-refractivity contribution >= 4 is 5.57 Å². The molecule has 0 heterocycles. The maximum atomic E-state index is 10.5. The Hall–Kier alpha value is -1.24. The van der Waals surface area contributed by atoms with Gasteiger partial charge in [-0.15, -0.1) is 0 Å². The average molecular weight is 272 g/mol. The van der Waals surface area contributed by atoms with Gasteiger partial charge in [-0.2, -0.15) is 0 Å². The smallest absolute Gasteiger partial charge is 0.0960 e. The summed E-state index contributed by atoms with van der Waals surface area (Å²) in [6, 6.07) is 8.61. The van der Waals surface area contributed by atoms with E-state index in [1.54, 1.807) is 0 Å². The number of hydrogen-bond donors (Lipinski definition) is 1. The third-order valence-corrected chi connectivity index (χ3v) is 4.34. The van der Waals surface area contributed by atoms with E-state index in [1.165, 1.54) is 61.6 Å². The SMILES string of the molecule is Cc1ccc(/C2=C(\O)CCCCCCCCCC2)cc1. The summed E-state index contributed by atoms with van der Waals surface area (Å²) in [5.41, 5.74) is 3.68. The van der Waals surface area contributed by atoms with E-state index in [9.17, 15) is 5.11 Å². The summed E-state index contributed by atoms with van der Waals surface area (Å²) in [7, 11) is 0. The molecule has 0 fully saturated rings. The predicted octanol–water partition coefficient (Wildman–Crippen LogP) is 6.18. The normalized spacial score (nSPS) is 22.9. The Morgan fingerprint density at radius 3 is 1.80 bits per heavy atom. The minimum Gasteiger partial charge on any atom is -0.512 e. The first-order valence-corrected chi connectivity index (χ1v) is 8.25. The third kappa shape index (κ3) is 4.70. The van der Waals surface area contributed by atoms with Gasteiger partial charge in [0.15, 0.2) is 0 Å². The first-order valence-electron chi connectivity index (χ1n) is 8.25. The molecule has 0 aliphatic heterocycles. The molecule has 110 valence electrons. The highest BCUT2D eigenvalue weighted by atomic mass is 16.3. The first-order chi connectivity index (χ1) is 9.77. The van der Waals surface area contributed by atoms with Gasteiger partial charge >= 0.3 is 0 Å². The molecule has 1 aliphatic carbocycles. The summed E-state index contributed by atoms with van der Waals surface area (Å²) >= 11 is 0. The van der Waals surface area contributed by atoms with Crippen LogP contribution in [0.1, 0.15) is 75.3 Å². The van der Waals surface area contributed by atoms with E-state index >= 15 is 0 Å². The van der Waals surface area contributed by atoms with Crippen LogP contribution < -0.4 is 0 Å². The molecular formula is C19H28O. The van der Waals surface area contributed by atoms with Gasteiger partial charge < -0.3 is 5.11 Å². The molecule has 1 N–H and O–H groups in total.